The lowest BCUT2D eigenvalue weighted by molar-refractivity contribution is -0.137. The summed E-state index contributed by atoms with van der Waals surface area (Å²) < 4.78 is 10.6. The third-order valence-corrected chi connectivity index (χ3v) is 3.73. The molecule has 0 fully saturated rings. The summed E-state index contributed by atoms with van der Waals surface area (Å²) in [6, 6.07) is 14.3. The van der Waals surface area contributed by atoms with E-state index in [-0.39, 0.29) is 13.2 Å². The van der Waals surface area contributed by atoms with Crippen LogP contribution in [0.5, 0.6) is 11.5 Å². The van der Waals surface area contributed by atoms with Crippen LogP contribution in [0.1, 0.15) is 18.0 Å². The van der Waals surface area contributed by atoms with E-state index in [9.17, 15) is 9.90 Å². The molecule has 7 heteroatoms. The molecule has 1 atom stereocenters. The first kappa shape index (κ1) is 16.1. The molecule has 0 amide bonds. The van der Waals surface area contributed by atoms with Crippen molar-refractivity contribution in [2.45, 2.75) is 12.5 Å². The highest BCUT2D eigenvalue weighted by molar-refractivity contribution is 7.80. The van der Waals surface area contributed by atoms with Crippen LogP contribution in [0.15, 0.2) is 48.5 Å². The number of hydrogen-bond acceptors (Lipinski definition) is 4. The first-order valence-corrected chi connectivity index (χ1v) is 7.76. The molecule has 24 heavy (non-hydrogen) atoms. The van der Waals surface area contributed by atoms with Crippen LogP contribution in [-0.4, -0.2) is 23.0 Å². The second kappa shape index (κ2) is 7.18. The second-order valence-corrected chi connectivity index (χ2v) is 5.64. The number of benzene rings is 2. The van der Waals surface area contributed by atoms with Gasteiger partial charge in [-0.15, -0.1) is 0 Å². The molecular weight excluding hydrogens is 328 g/mol. The van der Waals surface area contributed by atoms with Crippen molar-refractivity contribution in [2.24, 2.45) is 0 Å². The van der Waals surface area contributed by atoms with Crippen LogP contribution in [-0.2, 0) is 4.79 Å². The Bertz CT molecular complexity index is 752. The van der Waals surface area contributed by atoms with Gasteiger partial charge in [0, 0.05) is 5.69 Å². The Morgan fingerprint density at radius 3 is 2.67 bits per heavy atom. The smallest absolute Gasteiger partial charge is 0.305 e. The average Bonchev–Trinajstić information content (AvgIpc) is 3.02. The number of anilines is 1. The van der Waals surface area contributed by atoms with E-state index in [1.807, 2.05) is 30.3 Å². The van der Waals surface area contributed by atoms with Gasteiger partial charge in [-0.05, 0) is 42.0 Å². The van der Waals surface area contributed by atoms with E-state index >= 15 is 0 Å². The highest BCUT2D eigenvalue weighted by atomic mass is 32.1. The summed E-state index contributed by atoms with van der Waals surface area (Å²) >= 11 is 5.29. The maximum atomic E-state index is 11.2. The van der Waals surface area contributed by atoms with Gasteiger partial charge in [-0.2, -0.15) is 0 Å². The Hall–Kier alpha value is -2.80. The van der Waals surface area contributed by atoms with Crippen LogP contribution in [0, 0.1) is 0 Å². The number of carbonyl (C=O) groups is 1. The SMILES string of the molecule is O=C(O)CC(NC(=S)Nc1ccccc1)c1ccc2c(c1)OCO2. The summed E-state index contributed by atoms with van der Waals surface area (Å²) in [5.41, 5.74) is 1.59. The summed E-state index contributed by atoms with van der Waals surface area (Å²) in [6.45, 7) is 0.170. The van der Waals surface area contributed by atoms with Gasteiger partial charge in [0.15, 0.2) is 16.6 Å². The molecule has 0 aliphatic carbocycles. The molecule has 1 heterocycles. The molecule has 3 rings (SSSR count). The minimum atomic E-state index is -0.923. The van der Waals surface area contributed by atoms with Crippen LogP contribution in [0.4, 0.5) is 5.69 Å². The molecule has 0 saturated carbocycles. The minimum Gasteiger partial charge on any atom is -0.481 e. The van der Waals surface area contributed by atoms with Gasteiger partial charge in [0.25, 0.3) is 0 Å². The molecule has 1 aliphatic heterocycles. The number of rotatable bonds is 5. The number of fused-ring (bicyclic) bond motifs is 1. The Morgan fingerprint density at radius 2 is 1.92 bits per heavy atom. The second-order valence-electron chi connectivity index (χ2n) is 5.23. The molecule has 0 radical (unpaired) electrons. The lowest BCUT2D eigenvalue weighted by Crippen LogP contribution is -2.33. The third-order valence-electron chi connectivity index (χ3n) is 3.51. The Labute approximate surface area is 144 Å². The molecule has 0 aromatic heterocycles. The predicted molar refractivity (Wildman–Crippen MR) is 93.4 cm³/mol. The van der Waals surface area contributed by atoms with E-state index in [4.69, 9.17) is 21.7 Å². The van der Waals surface area contributed by atoms with Gasteiger partial charge in [0.1, 0.15) is 0 Å². The zero-order valence-corrected chi connectivity index (χ0v) is 13.5. The molecule has 1 aliphatic rings. The fourth-order valence-corrected chi connectivity index (χ4v) is 2.66. The molecule has 124 valence electrons. The Morgan fingerprint density at radius 1 is 1.17 bits per heavy atom. The van der Waals surface area contributed by atoms with Gasteiger partial charge in [0.05, 0.1) is 12.5 Å². The van der Waals surface area contributed by atoms with Crippen LogP contribution < -0.4 is 20.1 Å². The van der Waals surface area contributed by atoms with Crippen molar-refractivity contribution in [1.82, 2.24) is 5.32 Å². The summed E-state index contributed by atoms with van der Waals surface area (Å²) in [4.78, 5) is 11.2. The highest BCUT2D eigenvalue weighted by Gasteiger charge is 2.21. The Kier molecular flexibility index (Phi) is 4.81. The quantitative estimate of drug-likeness (QED) is 0.720. The maximum absolute atomic E-state index is 11.2. The first-order valence-electron chi connectivity index (χ1n) is 7.36. The number of nitrogens with one attached hydrogen (secondary N) is 2. The van der Waals surface area contributed by atoms with Gasteiger partial charge in [0.2, 0.25) is 6.79 Å². The molecule has 0 bridgehead atoms. The van der Waals surface area contributed by atoms with Crippen molar-refractivity contribution in [2.75, 3.05) is 12.1 Å². The van der Waals surface area contributed by atoms with Gasteiger partial charge >= 0.3 is 5.97 Å². The largest absolute Gasteiger partial charge is 0.481 e. The van der Waals surface area contributed by atoms with Gasteiger partial charge in [-0.3, -0.25) is 4.79 Å². The molecule has 2 aromatic rings. The van der Waals surface area contributed by atoms with E-state index in [1.54, 1.807) is 18.2 Å². The van der Waals surface area contributed by atoms with Crippen molar-refractivity contribution in [3.05, 3.63) is 54.1 Å². The maximum Gasteiger partial charge on any atom is 0.305 e. The number of thiocarbonyl (C=S) groups is 1. The van der Waals surface area contributed by atoms with Crippen molar-refractivity contribution in [1.29, 1.82) is 0 Å². The van der Waals surface area contributed by atoms with Gasteiger partial charge in [-0.1, -0.05) is 24.3 Å². The van der Waals surface area contributed by atoms with E-state index in [2.05, 4.69) is 10.6 Å². The zero-order chi connectivity index (χ0) is 16.9. The average molecular weight is 344 g/mol. The number of ether oxygens (including phenoxy) is 2. The molecule has 2 aromatic carbocycles. The number of hydrogen-bond donors (Lipinski definition) is 3. The highest BCUT2D eigenvalue weighted by Crippen LogP contribution is 2.34. The lowest BCUT2D eigenvalue weighted by atomic mass is 10.0. The molecule has 1 unspecified atom stereocenters. The van der Waals surface area contributed by atoms with Crippen LogP contribution in [0.3, 0.4) is 0 Å². The van der Waals surface area contributed by atoms with E-state index in [1.165, 1.54) is 0 Å². The van der Waals surface area contributed by atoms with E-state index in [0.717, 1.165) is 11.3 Å². The van der Waals surface area contributed by atoms with Crippen molar-refractivity contribution < 1.29 is 19.4 Å². The van der Waals surface area contributed by atoms with E-state index < -0.39 is 12.0 Å². The molecule has 6 nitrogen and oxygen atoms in total. The zero-order valence-electron chi connectivity index (χ0n) is 12.7. The fraction of sp³-hybridized carbons (Fsp3) is 0.176. The van der Waals surface area contributed by atoms with Crippen molar-refractivity contribution in [3.63, 3.8) is 0 Å². The predicted octanol–water partition coefficient (Wildman–Crippen LogP) is 2.92. The van der Waals surface area contributed by atoms with Crippen LogP contribution >= 0.6 is 12.2 Å². The number of para-hydroxylation sites is 1. The summed E-state index contributed by atoms with van der Waals surface area (Å²) in [5, 5.41) is 15.6. The Balaban J connectivity index is 1.74. The number of carboxylic acids is 1. The van der Waals surface area contributed by atoms with Gasteiger partial charge < -0.3 is 25.2 Å². The fourth-order valence-electron chi connectivity index (χ4n) is 2.40. The normalized spacial score (nSPS) is 13.2. The first-order chi connectivity index (χ1) is 11.6. The monoisotopic (exact) mass is 344 g/mol. The number of carboxylic acid groups (broad SMARTS) is 1. The standard InChI is InChI=1S/C17H16N2O4S/c20-16(21)9-13(11-6-7-14-15(8-11)23-10-22-14)19-17(24)18-12-4-2-1-3-5-12/h1-8,13H,9-10H2,(H,20,21)(H2,18,19,24). The van der Waals surface area contributed by atoms with Crippen LogP contribution in [0.2, 0.25) is 0 Å². The van der Waals surface area contributed by atoms with Crippen molar-refractivity contribution >= 4 is 29.0 Å². The summed E-state index contributed by atoms with van der Waals surface area (Å²) in [5.74, 6) is 0.331. The third kappa shape index (κ3) is 3.94. The van der Waals surface area contributed by atoms with Crippen LogP contribution in [0.25, 0.3) is 0 Å². The van der Waals surface area contributed by atoms with E-state index in [0.29, 0.717) is 16.6 Å². The molecule has 0 saturated heterocycles. The lowest BCUT2D eigenvalue weighted by Gasteiger charge is -2.20. The summed E-state index contributed by atoms with van der Waals surface area (Å²) in [7, 11) is 0. The van der Waals surface area contributed by atoms with Crippen molar-refractivity contribution in [3.8, 4) is 11.5 Å². The number of aliphatic carboxylic acids is 1. The molecular formula is C17H16N2O4S. The molecule has 3 N–H and O–H groups in total. The van der Waals surface area contributed by atoms with Gasteiger partial charge in [-0.25, -0.2) is 0 Å². The molecule has 0 spiro atoms. The topological polar surface area (TPSA) is 79.8 Å². The minimum absolute atomic E-state index is 0.115. The summed E-state index contributed by atoms with van der Waals surface area (Å²) in [6.07, 6.45) is -0.115.